The van der Waals surface area contributed by atoms with Crippen molar-refractivity contribution >= 4 is 5.91 Å². The Labute approximate surface area is 111 Å². The van der Waals surface area contributed by atoms with E-state index >= 15 is 0 Å². The Balaban J connectivity index is 2.47. The average Bonchev–Trinajstić information content (AvgIpc) is 2.38. The van der Waals surface area contributed by atoms with Crippen LogP contribution in [0.25, 0.3) is 0 Å². The molecule has 0 aliphatic carbocycles. The molecule has 0 aromatic heterocycles. The van der Waals surface area contributed by atoms with E-state index in [4.69, 9.17) is 9.47 Å². The summed E-state index contributed by atoms with van der Waals surface area (Å²) in [6.07, 6.45) is -0.254. The van der Waals surface area contributed by atoms with Gasteiger partial charge in [0, 0.05) is 19.2 Å². The number of amides is 1. The summed E-state index contributed by atoms with van der Waals surface area (Å²) < 4.78 is 22.9. The van der Waals surface area contributed by atoms with Gasteiger partial charge >= 0.3 is 0 Å². The summed E-state index contributed by atoms with van der Waals surface area (Å²) in [5.74, 6) is -0.896. The lowest BCUT2D eigenvalue weighted by atomic mass is 10.2. The van der Waals surface area contributed by atoms with Gasteiger partial charge in [-0.2, -0.15) is 0 Å². The largest absolute Gasteiger partial charge is 0.494 e. The van der Waals surface area contributed by atoms with Crippen LogP contribution in [0.15, 0.2) is 18.2 Å². The fourth-order valence-corrected chi connectivity index (χ4v) is 1.54. The highest BCUT2D eigenvalue weighted by Crippen LogP contribution is 2.17. The lowest BCUT2D eigenvalue weighted by Crippen LogP contribution is -2.28. The summed E-state index contributed by atoms with van der Waals surface area (Å²) in [5, 5.41) is 12.0. The molecule has 1 rings (SSSR count). The number of aliphatic hydroxyl groups excluding tert-OH is 1. The van der Waals surface area contributed by atoms with E-state index in [1.165, 1.54) is 26.4 Å². The third kappa shape index (κ3) is 4.84. The molecule has 0 bridgehead atoms. The highest BCUT2D eigenvalue weighted by atomic mass is 19.1. The summed E-state index contributed by atoms with van der Waals surface area (Å²) in [5.41, 5.74) is 0.208. The molecule has 1 atom stereocenters. The van der Waals surface area contributed by atoms with Crippen molar-refractivity contribution in [3.63, 3.8) is 0 Å². The lowest BCUT2D eigenvalue weighted by molar-refractivity contribution is 0.0587. The second-order valence-corrected chi connectivity index (χ2v) is 4.00. The van der Waals surface area contributed by atoms with Gasteiger partial charge in [-0.05, 0) is 24.6 Å². The topological polar surface area (TPSA) is 67.8 Å². The first kappa shape index (κ1) is 15.4. The van der Waals surface area contributed by atoms with E-state index in [-0.39, 0.29) is 24.5 Å². The average molecular weight is 271 g/mol. The number of methoxy groups -OCH3 is 2. The van der Waals surface area contributed by atoms with Gasteiger partial charge in [-0.1, -0.05) is 0 Å². The zero-order chi connectivity index (χ0) is 14.3. The predicted octanol–water partition coefficient (Wildman–Crippen LogP) is 0.961. The van der Waals surface area contributed by atoms with Crippen molar-refractivity contribution in [3.05, 3.63) is 29.6 Å². The SMILES string of the molecule is COCC(O)CCNC(=O)c1ccc(OC)c(F)c1. The monoisotopic (exact) mass is 271 g/mol. The Morgan fingerprint density at radius 3 is 2.79 bits per heavy atom. The van der Waals surface area contributed by atoms with Crippen LogP contribution >= 0.6 is 0 Å². The van der Waals surface area contributed by atoms with Gasteiger partial charge < -0.3 is 19.9 Å². The third-order valence-corrected chi connectivity index (χ3v) is 2.54. The maximum absolute atomic E-state index is 13.4. The number of aliphatic hydroxyl groups is 1. The number of benzene rings is 1. The number of nitrogens with one attached hydrogen (secondary N) is 1. The van der Waals surface area contributed by atoms with Crippen LogP contribution in [0.2, 0.25) is 0 Å². The number of carbonyl (C=O) groups excluding carboxylic acids is 1. The van der Waals surface area contributed by atoms with Gasteiger partial charge in [-0.15, -0.1) is 0 Å². The van der Waals surface area contributed by atoms with Crippen LogP contribution < -0.4 is 10.1 Å². The van der Waals surface area contributed by atoms with Crippen molar-refractivity contribution in [2.24, 2.45) is 0 Å². The van der Waals surface area contributed by atoms with Gasteiger partial charge in [-0.25, -0.2) is 4.39 Å². The highest BCUT2D eigenvalue weighted by Gasteiger charge is 2.10. The molecule has 2 N–H and O–H groups in total. The minimum atomic E-state index is -0.627. The Bertz CT molecular complexity index is 425. The van der Waals surface area contributed by atoms with E-state index in [2.05, 4.69) is 5.32 Å². The van der Waals surface area contributed by atoms with Crippen LogP contribution in [0.5, 0.6) is 5.75 Å². The number of carbonyl (C=O) groups is 1. The van der Waals surface area contributed by atoms with E-state index < -0.39 is 17.8 Å². The minimum Gasteiger partial charge on any atom is -0.494 e. The van der Waals surface area contributed by atoms with Crippen molar-refractivity contribution in [2.75, 3.05) is 27.4 Å². The van der Waals surface area contributed by atoms with Crippen LogP contribution in [0.3, 0.4) is 0 Å². The van der Waals surface area contributed by atoms with Crippen LogP contribution in [0, 0.1) is 5.82 Å². The molecular weight excluding hydrogens is 253 g/mol. The van der Waals surface area contributed by atoms with Crippen LogP contribution in [-0.2, 0) is 4.74 Å². The molecule has 0 spiro atoms. The molecule has 19 heavy (non-hydrogen) atoms. The van der Waals surface area contributed by atoms with E-state index in [0.717, 1.165) is 6.07 Å². The van der Waals surface area contributed by atoms with Crippen molar-refractivity contribution < 1.29 is 23.8 Å². The standard InChI is InChI=1S/C13H18FNO4/c1-18-8-10(16)5-6-15-13(17)9-3-4-12(19-2)11(14)7-9/h3-4,7,10,16H,5-6,8H2,1-2H3,(H,15,17). The molecule has 1 amide bonds. The van der Waals surface area contributed by atoms with Crippen molar-refractivity contribution in [1.29, 1.82) is 0 Å². The molecule has 0 fully saturated rings. The quantitative estimate of drug-likeness (QED) is 0.775. The summed E-state index contributed by atoms with van der Waals surface area (Å²) in [7, 11) is 2.84. The predicted molar refractivity (Wildman–Crippen MR) is 67.8 cm³/mol. The Kier molecular flexibility index (Phi) is 6.24. The fraction of sp³-hybridized carbons (Fsp3) is 0.462. The summed E-state index contributed by atoms with van der Waals surface area (Å²) in [4.78, 5) is 11.7. The Morgan fingerprint density at radius 2 is 2.21 bits per heavy atom. The Morgan fingerprint density at radius 1 is 1.47 bits per heavy atom. The van der Waals surface area contributed by atoms with Crippen LogP contribution in [0.1, 0.15) is 16.8 Å². The van der Waals surface area contributed by atoms with Crippen molar-refractivity contribution in [3.8, 4) is 5.75 Å². The minimum absolute atomic E-state index is 0.0899. The molecule has 0 saturated carbocycles. The molecule has 5 nitrogen and oxygen atoms in total. The molecule has 1 aromatic carbocycles. The van der Waals surface area contributed by atoms with Crippen LogP contribution in [-0.4, -0.2) is 44.5 Å². The maximum Gasteiger partial charge on any atom is 0.251 e. The first-order chi connectivity index (χ1) is 9.08. The molecule has 0 saturated heterocycles. The molecule has 0 aliphatic heterocycles. The normalized spacial score (nSPS) is 12.0. The number of hydrogen-bond acceptors (Lipinski definition) is 4. The first-order valence-electron chi connectivity index (χ1n) is 5.87. The number of hydrogen-bond donors (Lipinski definition) is 2. The lowest BCUT2D eigenvalue weighted by Gasteiger charge is -2.10. The van der Waals surface area contributed by atoms with Crippen molar-refractivity contribution in [2.45, 2.75) is 12.5 Å². The molecule has 0 heterocycles. The molecular formula is C13H18FNO4. The van der Waals surface area contributed by atoms with Gasteiger partial charge in [0.25, 0.3) is 5.91 Å². The van der Waals surface area contributed by atoms with Gasteiger partial charge in [0.05, 0.1) is 19.8 Å². The highest BCUT2D eigenvalue weighted by molar-refractivity contribution is 5.94. The van der Waals surface area contributed by atoms with Gasteiger partial charge in [0.1, 0.15) is 0 Å². The summed E-state index contributed by atoms with van der Waals surface area (Å²) in [6, 6.07) is 3.98. The Hall–Kier alpha value is -1.66. The number of rotatable bonds is 7. The molecule has 1 unspecified atom stereocenters. The van der Waals surface area contributed by atoms with Crippen molar-refractivity contribution in [1.82, 2.24) is 5.32 Å². The fourth-order valence-electron chi connectivity index (χ4n) is 1.54. The van der Waals surface area contributed by atoms with Gasteiger partial charge in [0.2, 0.25) is 0 Å². The zero-order valence-electron chi connectivity index (χ0n) is 11.0. The molecule has 106 valence electrons. The molecule has 0 radical (unpaired) electrons. The third-order valence-electron chi connectivity index (χ3n) is 2.54. The molecule has 6 heteroatoms. The van der Waals surface area contributed by atoms with Gasteiger partial charge in [0.15, 0.2) is 11.6 Å². The first-order valence-corrected chi connectivity index (χ1v) is 5.87. The second kappa shape index (κ2) is 7.70. The summed E-state index contributed by atoms with van der Waals surface area (Å²) >= 11 is 0. The van der Waals surface area contributed by atoms with E-state index in [1.54, 1.807) is 0 Å². The molecule has 0 aliphatic rings. The molecule has 1 aromatic rings. The number of halogens is 1. The summed E-state index contributed by atoms with van der Waals surface area (Å²) in [6.45, 7) is 0.504. The van der Waals surface area contributed by atoms with Crippen LogP contribution in [0.4, 0.5) is 4.39 Å². The number of ether oxygens (including phenoxy) is 2. The van der Waals surface area contributed by atoms with E-state index in [9.17, 15) is 14.3 Å². The van der Waals surface area contributed by atoms with E-state index in [1.807, 2.05) is 0 Å². The smallest absolute Gasteiger partial charge is 0.251 e. The van der Waals surface area contributed by atoms with Gasteiger partial charge in [-0.3, -0.25) is 4.79 Å². The maximum atomic E-state index is 13.4. The van der Waals surface area contributed by atoms with E-state index in [0.29, 0.717) is 6.42 Å². The zero-order valence-corrected chi connectivity index (χ0v) is 11.0. The second-order valence-electron chi connectivity index (χ2n) is 4.00.